The van der Waals surface area contributed by atoms with Crippen LogP contribution >= 0.6 is 23.4 Å². The van der Waals surface area contributed by atoms with Crippen molar-refractivity contribution in [3.8, 4) is 0 Å². The topological polar surface area (TPSA) is 9.23 Å². The molecule has 0 rings (SSSR count). The van der Waals surface area contributed by atoms with Crippen molar-refractivity contribution in [2.75, 3.05) is 25.3 Å². The molecule has 0 aliphatic heterocycles. The second-order valence-electron chi connectivity index (χ2n) is 2.15. The molecule has 1 atom stereocenters. The van der Waals surface area contributed by atoms with Crippen molar-refractivity contribution in [2.45, 2.75) is 18.6 Å². The normalized spacial score (nSPS) is 13.5. The van der Waals surface area contributed by atoms with Gasteiger partial charge in [-0.15, -0.1) is 11.6 Å². The fraction of sp³-hybridized carbons (Fsp3) is 1.00. The van der Waals surface area contributed by atoms with E-state index in [9.17, 15) is 0 Å². The Morgan fingerprint density at radius 2 is 2.30 bits per heavy atom. The van der Waals surface area contributed by atoms with Crippen molar-refractivity contribution in [1.29, 1.82) is 0 Å². The van der Waals surface area contributed by atoms with Crippen molar-refractivity contribution in [3.63, 3.8) is 0 Å². The number of methoxy groups -OCH3 is 1. The zero-order valence-electron chi connectivity index (χ0n) is 6.60. The maximum absolute atomic E-state index is 5.53. The Morgan fingerprint density at radius 3 is 2.80 bits per heavy atom. The fourth-order valence-electron chi connectivity index (χ4n) is 0.613. The lowest BCUT2D eigenvalue weighted by Gasteiger charge is -2.08. The minimum absolute atomic E-state index is 0.679. The Morgan fingerprint density at radius 1 is 1.60 bits per heavy atom. The number of hydrogen-bond donors (Lipinski definition) is 0. The summed E-state index contributed by atoms with van der Waals surface area (Å²) < 4.78 is 4.95. The molecule has 62 valence electrons. The van der Waals surface area contributed by atoms with Gasteiger partial charge in [-0.2, -0.15) is 11.8 Å². The summed E-state index contributed by atoms with van der Waals surface area (Å²) in [5.74, 6) is 1.80. The van der Waals surface area contributed by atoms with Crippen LogP contribution in [0.15, 0.2) is 0 Å². The largest absolute Gasteiger partial charge is 0.385 e. The number of ether oxygens (including phenoxy) is 1. The molecule has 0 aliphatic rings. The van der Waals surface area contributed by atoms with Crippen LogP contribution in [0.1, 0.15) is 13.3 Å². The predicted molar refractivity (Wildman–Crippen MR) is 49.1 cm³/mol. The van der Waals surface area contributed by atoms with Crippen molar-refractivity contribution >= 4 is 23.4 Å². The molecule has 0 saturated heterocycles. The maximum atomic E-state index is 5.53. The van der Waals surface area contributed by atoms with Crippen LogP contribution in [0.3, 0.4) is 0 Å². The summed E-state index contributed by atoms with van der Waals surface area (Å²) in [6.45, 7) is 3.06. The number of rotatable bonds is 6. The number of thioether (sulfide) groups is 1. The molecule has 3 heteroatoms. The van der Waals surface area contributed by atoms with E-state index in [1.54, 1.807) is 7.11 Å². The standard InChI is InChI=1S/C7H15ClOS/c1-7(3-5-9-2)10-6-4-8/h7H,3-6H2,1-2H3. The summed E-state index contributed by atoms with van der Waals surface area (Å²) in [4.78, 5) is 0. The lowest BCUT2D eigenvalue weighted by atomic mass is 10.3. The van der Waals surface area contributed by atoms with Crippen molar-refractivity contribution in [1.82, 2.24) is 0 Å². The third-order valence-electron chi connectivity index (χ3n) is 1.21. The molecule has 0 radical (unpaired) electrons. The highest BCUT2D eigenvalue weighted by Gasteiger charge is 1.99. The van der Waals surface area contributed by atoms with Crippen LogP contribution in [0, 0.1) is 0 Å². The van der Waals surface area contributed by atoms with Crippen LogP contribution in [0.2, 0.25) is 0 Å². The van der Waals surface area contributed by atoms with E-state index in [1.165, 1.54) is 0 Å². The van der Waals surface area contributed by atoms with Crippen molar-refractivity contribution < 1.29 is 4.74 Å². The Bertz CT molecular complexity index is 62.6. The molecule has 0 saturated carbocycles. The molecular formula is C7H15ClOS. The highest BCUT2D eigenvalue weighted by atomic mass is 35.5. The predicted octanol–water partition coefficient (Wildman–Crippen LogP) is 2.38. The van der Waals surface area contributed by atoms with Gasteiger partial charge in [-0.25, -0.2) is 0 Å². The monoisotopic (exact) mass is 182 g/mol. The summed E-state index contributed by atoms with van der Waals surface area (Å²) in [5.41, 5.74) is 0. The zero-order valence-corrected chi connectivity index (χ0v) is 8.17. The van der Waals surface area contributed by atoms with Gasteiger partial charge in [-0.1, -0.05) is 6.92 Å². The van der Waals surface area contributed by atoms with E-state index in [1.807, 2.05) is 11.8 Å². The molecule has 0 bridgehead atoms. The van der Waals surface area contributed by atoms with E-state index in [4.69, 9.17) is 16.3 Å². The number of alkyl halides is 1. The SMILES string of the molecule is COCCC(C)SCCCl. The third kappa shape index (κ3) is 6.72. The van der Waals surface area contributed by atoms with Crippen molar-refractivity contribution in [2.24, 2.45) is 0 Å². The van der Waals surface area contributed by atoms with E-state index in [0.717, 1.165) is 24.7 Å². The van der Waals surface area contributed by atoms with Crippen LogP contribution in [-0.4, -0.2) is 30.6 Å². The third-order valence-corrected chi connectivity index (χ3v) is 2.87. The van der Waals surface area contributed by atoms with E-state index in [0.29, 0.717) is 5.25 Å². The van der Waals surface area contributed by atoms with E-state index in [2.05, 4.69) is 6.92 Å². The van der Waals surface area contributed by atoms with Gasteiger partial charge < -0.3 is 4.74 Å². The van der Waals surface area contributed by atoms with Crippen LogP contribution in [0.4, 0.5) is 0 Å². The van der Waals surface area contributed by atoms with Gasteiger partial charge in [0.1, 0.15) is 0 Å². The van der Waals surface area contributed by atoms with Crippen LogP contribution in [0.5, 0.6) is 0 Å². The smallest absolute Gasteiger partial charge is 0.0472 e. The van der Waals surface area contributed by atoms with Gasteiger partial charge in [0.2, 0.25) is 0 Å². The Labute approximate surface area is 72.5 Å². The van der Waals surface area contributed by atoms with Gasteiger partial charge in [0.25, 0.3) is 0 Å². The molecule has 0 amide bonds. The van der Waals surface area contributed by atoms with Gasteiger partial charge in [0.05, 0.1) is 0 Å². The van der Waals surface area contributed by atoms with E-state index in [-0.39, 0.29) is 0 Å². The molecule has 0 heterocycles. The van der Waals surface area contributed by atoms with Gasteiger partial charge in [0.15, 0.2) is 0 Å². The zero-order chi connectivity index (χ0) is 7.82. The summed E-state index contributed by atoms with van der Waals surface area (Å²) in [5, 5.41) is 0.679. The van der Waals surface area contributed by atoms with E-state index < -0.39 is 0 Å². The van der Waals surface area contributed by atoms with Crippen molar-refractivity contribution in [3.05, 3.63) is 0 Å². The van der Waals surface area contributed by atoms with Crippen LogP contribution in [-0.2, 0) is 4.74 Å². The molecule has 0 aromatic heterocycles. The Hall–Kier alpha value is 0.600. The van der Waals surface area contributed by atoms with Gasteiger partial charge in [0, 0.05) is 30.6 Å². The second kappa shape index (κ2) is 7.70. The minimum atomic E-state index is 0.679. The van der Waals surface area contributed by atoms with Gasteiger partial charge in [-0.3, -0.25) is 0 Å². The Balaban J connectivity index is 3.00. The molecule has 0 spiro atoms. The highest BCUT2D eigenvalue weighted by Crippen LogP contribution is 2.13. The first-order chi connectivity index (χ1) is 4.81. The minimum Gasteiger partial charge on any atom is -0.385 e. The summed E-state index contributed by atoms with van der Waals surface area (Å²) in [7, 11) is 1.74. The fourth-order valence-corrected chi connectivity index (χ4v) is 1.63. The molecule has 1 unspecified atom stereocenters. The first-order valence-corrected chi connectivity index (χ1v) is 5.06. The first-order valence-electron chi connectivity index (χ1n) is 3.47. The number of hydrogen-bond acceptors (Lipinski definition) is 2. The molecular weight excluding hydrogens is 168 g/mol. The first kappa shape index (κ1) is 10.6. The lowest BCUT2D eigenvalue weighted by Crippen LogP contribution is -2.02. The molecule has 0 N–H and O–H groups in total. The number of halogens is 1. The molecule has 0 aliphatic carbocycles. The van der Waals surface area contributed by atoms with E-state index >= 15 is 0 Å². The quantitative estimate of drug-likeness (QED) is 0.584. The molecule has 1 nitrogen and oxygen atoms in total. The van der Waals surface area contributed by atoms with Gasteiger partial charge >= 0.3 is 0 Å². The van der Waals surface area contributed by atoms with Crippen LogP contribution in [0.25, 0.3) is 0 Å². The molecule has 10 heavy (non-hydrogen) atoms. The molecule has 0 aromatic carbocycles. The highest BCUT2D eigenvalue weighted by molar-refractivity contribution is 7.99. The lowest BCUT2D eigenvalue weighted by molar-refractivity contribution is 0.195. The Kier molecular flexibility index (Phi) is 8.17. The summed E-state index contributed by atoms with van der Waals surface area (Å²) >= 11 is 7.43. The van der Waals surface area contributed by atoms with Gasteiger partial charge in [-0.05, 0) is 6.42 Å². The average molecular weight is 183 g/mol. The average Bonchev–Trinajstić information content (AvgIpc) is 1.97. The summed E-state index contributed by atoms with van der Waals surface area (Å²) in [6.07, 6.45) is 1.12. The summed E-state index contributed by atoms with van der Waals surface area (Å²) in [6, 6.07) is 0. The molecule has 0 aromatic rings. The maximum Gasteiger partial charge on any atom is 0.0472 e. The second-order valence-corrected chi connectivity index (χ2v) is 4.08. The van der Waals surface area contributed by atoms with Crippen LogP contribution < -0.4 is 0 Å². The molecule has 0 fully saturated rings.